The van der Waals surface area contributed by atoms with E-state index in [4.69, 9.17) is 5.11 Å². The molecule has 2 heteroatoms. The molecule has 0 aromatic heterocycles. The summed E-state index contributed by atoms with van der Waals surface area (Å²) >= 11 is 1.65. The van der Waals surface area contributed by atoms with Crippen LogP contribution in [0.3, 0.4) is 0 Å². The second-order valence-electron chi connectivity index (χ2n) is 1.47. The van der Waals surface area contributed by atoms with Crippen molar-refractivity contribution in [3.05, 3.63) is 0 Å². The van der Waals surface area contributed by atoms with Crippen LogP contribution >= 0.6 is 11.8 Å². The lowest BCUT2D eigenvalue weighted by Gasteiger charge is -1.91. The van der Waals surface area contributed by atoms with Crippen molar-refractivity contribution in [1.29, 1.82) is 0 Å². The summed E-state index contributed by atoms with van der Waals surface area (Å²) < 4.78 is 0. The Morgan fingerprint density at radius 3 is 2.67 bits per heavy atom. The highest BCUT2D eigenvalue weighted by Gasteiger charge is 2.09. The average molecular weight is 104 g/mol. The monoisotopic (exact) mass is 104 g/mol. The van der Waals surface area contributed by atoms with Crippen molar-refractivity contribution in [3.63, 3.8) is 0 Å². The van der Waals surface area contributed by atoms with Gasteiger partial charge in [0.25, 0.3) is 0 Å². The van der Waals surface area contributed by atoms with Crippen LogP contribution in [0, 0.1) is 0 Å². The van der Waals surface area contributed by atoms with E-state index >= 15 is 0 Å². The Bertz CT molecular complexity index is 40.8. The molecule has 0 spiro atoms. The predicted octanol–water partition coefficient (Wildman–Crippen LogP) is 0.832. The normalized spacial score (nSPS) is 34.5. The van der Waals surface area contributed by atoms with E-state index in [2.05, 4.69) is 0 Å². The summed E-state index contributed by atoms with van der Waals surface area (Å²) in [5, 5.41) is 8.69. The first-order valence-corrected chi connectivity index (χ1v) is 3.24. The minimum absolute atomic E-state index is 0.0370. The second-order valence-corrected chi connectivity index (χ2v) is 2.75. The van der Waals surface area contributed by atoms with Crippen molar-refractivity contribution >= 4 is 11.8 Å². The molecule has 0 bridgehead atoms. The third-order valence-corrected chi connectivity index (χ3v) is 2.05. The molecule has 1 atom stereocenters. The Kier molecular flexibility index (Phi) is 1.37. The van der Waals surface area contributed by atoms with Crippen molar-refractivity contribution in [2.45, 2.75) is 18.3 Å². The summed E-state index contributed by atoms with van der Waals surface area (Å²) in [6.45, 7) is 0. The van der Waals surface area contributed by atoms with Gasteiger partial charge in [0.15, 0.2) is 0 Å². The maximum absolute atomic E-state index is 8.69. The topological polar surface area (TPSA) is 20.2 Å². The maximum atomic E-state index is 8.69. The molecule has 36 valence electrons. The highest BCUT2D eigenvalue weighted by molar-refractivity contribution is 7.99. The molecule has 1 aliphatic rings. The molecule has 0 saturated carbocycles. The lowest BCUT2D eigenvalue weighted by molar-refractivity contribution is 0.260. The van der Waals surface area contributed by atoms with Crippen molar-refractivity contribution in [3.8, 4) is 0 Å². The molecule has 0 radical (unpaired) electrons. The molecule has 1 aliphatic heterocycles. The second kappa shape index (κ2) is 1.85. The molecule has 1 heterocycles. The van der Waals surface area contributed by atoms with Crippen LogP contribution in [0.5, 0.6) is 0 Å². The summed E-state index contributed by atoms with van der Waals surface area (Å²) in [6.07, 6.45) is 2.20. The van der Waals surface area contributed by atoms with E-state index in [0.29, 0.717) is 0 Å². The smallest absolute Gasteiger partial charge is 0.0993 e. The predicted molar refractivity (Wildman–Crippen MR) is 27.7 cm³/mol. The van der Waals surface area contributed by atoms with E-state index in [1.807, 2.05) is 0 Å². The van der Waals surface area contributed by atoms with Gasteiger partial charge in [-0.15, -0.1) is 11.8 Å². The lowest BCUT2D eigenvalue weighted by Crippen LogP contribution is -1.88. The fraction of sp³-hybridized carbons (Fsp3) is 1.00. The number of aliphatic hydroxyl groups is 1. The Morgan fingerprint density at radius 2 is 2.50 bits per heavy atom. The Labute approximate surface area is 41.7 Å². The quantitative estimate of drug-likeness (QED) is 0.491. The summed E-state index contributed by atoms with van der Waals surface area (Å²) in [5.41, 5.74) is -0.0370. The van der Waals surface area contributed by atoms with Crippen LogP contribution in [0.2, 0.25) is 0 Å². The van der Waals surface area contributed by atoms with E-state index in [1.165, 1.54) is 6.42 Å². The zero-order chi connectivity index (χ0) is 4.41. The van der Waals surface area contributed by atoms with Crippen molar-refractivity contribution in [2.24, 2.45) is 0 Å². The van der Waals surface area contributed by atoms with Crippen molar-refractivity contribution in [2.75, 3.05) is 5.75 Å². The van der Waals surface area contributed by atoms with Gasteiger partial charge in [0.05, 0.1) is 5.44 Å². The van der Waals surface area contributed by atoms with Crippen LogP contribution in [-0.4, -0.2) is 16.3 Å². The Morgan fingerprint density at radius 1 is 1.67 bits per heavy atom. The van der Waals surface area contributed by atoms with Gasteiger partial charge in [0.2, 0.25) is 0 Å². The summed E-state index contributed by atoms with van der Waals surface area (Å²) in [6, 6.07) is 0. The molecule has 1 N–H and O–H groups in total. The van der Waals surface area contributed by atoms with Crippen LogP contribution < -0.4 is 0 Å². The molecule has 1 nitrogen and oxygen atoms in total. The molecule has 1 saturated heterocycles. The van der Waals surface area contributed by atoms with Gasteiger partial charge < -0.3 is 5.11 Å². The third-order valence-electron chi connectivity index (χ3n) is 0.906. The SMILES string of the molecule is O[C@@H]1CCCS1. The zero-order valence-corrected chi connectivity index (χ0v) is 4.37. The van der Waals surface area contributed by atoms with Gasteiger partial charge in [0.1, 0.15) is 0 Å². The first-order chi connectivity index (χ1) is 2.89. The zero-order valence-electron chi connectivity index (χ0n) is 3.55. The molecule has 1 rings (SSSR count). The number of rotatable bonds is 0. The van der Waals surface area contributed by atoms with Crippen LogP contribution in [0.25, 0.3) is 0 Å². The van der Waals surface area contributed by atoms with E-state index in [1.54, 1.807) is 11.8 Å². The molecule has 0 amide bonds. The molecule has 1 fully saturated rings. The molecule has 0 aliphatic carbocycles. The van der Waals surface area contributed by atoms with Gasteiger partial charge in [-0.2, -0.15) is 0 Å². The first kappa shape index (κ1) is 4.47. The lowest BCUT2D eigenvalue weighted by atomic mass is 10.4. The highest BCUT2D eigenvalue weighted by Crippen LogP contribution is 2.22. The Balaban J connectivity index is 2.18. The van der Waals surface area contributed by atoms with Gasteiger partial charge in [-0.3, -0.25) is 0 Å². The minimum Gasteiger partial charge on any atom is -0.382 e. The van der Waals surface area contributed by atoms with E-state index in [-0.39, 0.29) is 5.44 Å². The van der Waals surface area contributed by atoms with E-state index in [0.717, 1.165) is 12.2 Å². The molecule has 0 aromatic rings. The Hall–Kier alpha value is 0.310. The third kappa shape index (κ3) is 0.884. The van der Waals surface area contributed by atoms with Crippen LogP contribution in [0.15, 0.2) is 0 Å². The highest BCUT2D eigenvalue weighted by atomic mass is 32.2. The van der Waals surface area contributed by atoms with Gasteiger partial charge >= 0.3 is 0 Å². The van der Waals surface area contributed by atoms with E-state index in [9.17, 15) is 0 Å². The minimum atomic E-state index is -0.0370. The molecule has 6 heavy (non-hydrogen) atoms. The fourth-order valence-corrected chi connectivity index (χ4v) is 1.50. The fourth-order valence-electron chi connectivity index (χ4n) is 0.561. The van der Waals surface area contributed by atoms with Gasteiger partial charge in [-0.25, -0.2) is 0 Å². The number of aliphatic hydroxyl groups excluding tert-OH is 1. The van der Waals surface area contributed by atoms with Crippen LogP contribution in [0.1, 0.15) is 12.8 Å². The first-order valence-electron chi connectivity index (χ1n) is 2.19. The maximum Gasteiger partial charge on any atom is 0.0993 e. The number of hydrogen-bond donors (Lipinski definition) is 1. The molecule has 0 unspecified atom stereocenters. The molecule has 0 aromatic carbocycles. The number of hydrogen-bond acceptors (Lipinski definition) is 2. The standard InChI is InChI=1S/C4H8OS/c5-4-2-1-3-6-4/h4-5H,1-3H2/t4-/m0/s1. The van der Waals surface area contributed by atoms with Gasteiger partial charge in [0, 0.05) is 0 Å². The number of thioether (sulfide) groups is 1. The summed E-state index contributed by atoms with van der Waals surface area (Å²) in [4.78, 5) is 0. The molecular formula is C4H8OS. The van der Waals surface area contributed by atoms with Gasteiger partial charge in [-0.05, 0) is 18.6 Å². The summed E-state index contributed by atoms with van der Waals surface area (Å²) in [5.74, 6) is 1.15. The van der Waals surface area contributed by atoms with Crippen LogP contribution in [-0.2, 0) is 0 Å². The van der Waals surface area contributed by atoms with Crippen molar-refractivity contribution < 1.29 is 5.11 Å². The largest absolute Gasteiger partial charge is 0.382 e. The molecular weight excluding hydrogens is 96.1 g/mol. The average Bonchev–Trinajstić information content (AvgIpc) is 1.86. The van der Waals surface area contributed by atoms with Crippen LogP contribution in [0.4, 0.5) is 0 Å². The van der Waals surface area contributed by atoms with Gasteiger partial charge in [-0.1, -0.05) is 0 Å². The summed E-state index contributed by atoms with van der Waals surface area (Å²) in [7, 11) is 0. The van der Waals surface area contributed by atoms with Crippen molar-refractivity contribution in [1.82, 2.24) is 0 Å². The van der Waals surface area contributed by atoms with E-state index < -0.39 is 0 Å².